The first-order valence-electron chi connectivity index (χ1n) is 9.36. The maximum Gasteiger partial charge on any atom is 0.416 e. The molecule has 0 radical (unpaired) electrons. The molecular formula is C22H18F3N5O. The fourth-order valence-electron chi connectivity index (χ4n) is 3.19. The van der Waals surface area contributed by atoms with Crippen LogP contribution in [0.5, 0.6) is 0 Å². The summed E-state index contributed by atoms with van der Waals surface area (Å²) in [6.45, 7) is 0.217. The number of hydrogen-bond acceptors (Lipinski definition) is 3. The smallest absolute Gasteiger partial charge is 0.382 e. The molecule has 1 heterocycles. The average molecular weight is 425 g/mol. The van der Waals surface area contributed by atoms with E-state index in [-0.39, 0.29) is 12.2 Å². The first-order valence-corrected chi connectivity index (χ1v) is 9.36. The number of nitrogens with one attached hydrogen (secondary N) is 2. The van der Waals surface area contributed by atoms with Crippen LogP contribution in [0.4, 0.5) is 29.5 Å². The molecule has 0 saturated heterocycles. The highest BCUT2D eigenvalue weighted by Gasteiger charge is 2.29. The molecule has 0 unspecified atom stereocenters. The lowest BCUT2D eigenvalue weighted by atomic mass is 10.2. The van der Waals surface area contributed by atoms with Crippen molar-refractivity contribution >= 4 is 28.4 Å². The molecule has 158 valence electrons. The molecule has 0 saturated carbocycles. The molecule has 2 amide bonds. The quantitative estimate of drug-likeness (QED) is 0.433. The van der Waals surface area contributed by atoms with Crippen molar-refractivity contribution in [3.63, 3.8) is 0 Å². The van der Waals surface area contributed by atoms with Gasteiger partial charge < -0.3 is 16.4 Å². The second-order valence-corrected chi connectivity index (χ2v) is 6.87. The third-order valence-electron chi connectivity index (χ3n) is 4.69. The van der Waals surface area contributed by atoms with Crippen molar-refractivity contribution in [3.05, 3.63) is 83.9 Å². The maximum atomic E-state index is 12.6. The Bertz CT molecular complexity index is 1230. The Hall–Kier alpha value is -4.01. The van der Waals surface area contributed by atoms with Gasteiger partial charge in [0.15, 0.2) is 5.82 Å². The SMILES string of the molecule is Nc1nn(-c2cccc(CNC(=O)Nc3ccc(C(F)(F)F)cc3)c2)c2ccccc12. The number of rotatable bonds is 4. The summed E-state index contributed by atoms with van der Waals surface area (Å²) in [5, 5.41) is 10.4. The number of benzene rings is 3. The molecular weight excluding hydrogens is 407 g/mol. The second kappa shape index (κ2) is 8.02. The summed E-state index contributed by atoms with van der Waals surface area (Å²) >= 11 is 0. The van der Waals surface area contributed by atoms with Crippen molar-refractivity contribution in [1.29, 1.82) is 0 Å². The summed E-state index contributed by atoms with van der Waals surface area (Å²) in [5.41, 5.74) is 7.95. The number of fused-ring (bicyclic) bond motifs is 1. The zero-order valence-corrected chi connectivity index (χ0v) is 16.1. The van der Waals surface area contributed by atoms with Gasteiger partial charge in [0.05, 0.1) is 16.8 Å². The second-order valence-electron chi connectivity index (χ2n) is 6.87. The number of alkyl halides is 3. The van der Waals surface area contributed by atoms with E-state index in [9.17, 15) is 18.0 Å². The van der Waals surface area contributed by atoms with Gasteiger partial charge in [-0.2, -0.15) is 13.2 Å². The zero-order valence-electron chi connectivity index (χ0n) is 16.1. The van der Waals surface area contributed by atoms with Crippen molar-refractivity contribution in [2.24, 2.45) is 0 Å². The van der Waals surface area contributed by atoms with Crippen LogP contribution in [0, 0.1) is 0 Å². The minimum Gasteiger partial charge on any atom is -0.382 e. The molecule has 1 aromatic heterocycles. The van der Waals surface area contributed by atoms with E-state index in [1.165, 1.54) is 12.1 Å². The van der Waals surface area contributed by atoms with Gasteiger partial charge >= 0.3 is 12.2 Å². The van der Waals surface area contributed by atoms with Gasteiger partial charge in [0, 0.05) is 17.6 Å². The normalized spacial score (nSPS) is 11.5. The Kier molecular flexibility index (Phi) is 5.24. The lowest BCUT2D eigenvalue weighted by Crippen LogP contribution is -2.28. The van der Waals surface area contributed by atoms with Crippen LogP contribution in [0.2, 0.25) is 0 Å². The molecule has 3 aromatic carbocycles. The first-order chi connectivity index (χ1) is 14.8. The number of halogens is 3. The molecule has 9 heteroatoms. The van der Waals surface area contributed by atoms with E-state index in [4.69, 9.17) is 5.73 Å². The Morgan fingerprint density at radius 3 is 2.48 bits per heavy atom. The van der Waals surface area contributed by atoms with Crippen LogP contribution in [-0.4, -0.2) is 15.8 Å². The third-order valence-corrected chi connectivity index (χ3v) is 4.69. The van der Waals surface area contributed by atoms with E-state index < -0.39 is 17.8 Å². The highest BCUT2D eigenvalue weighted by molar-refractivity contribution is 5.90. The fraction of sp³-hybridized carbons (Fsp3) is 0.0909. The van der Waals surface area contributed by atoms with Gasteiger partial charge in [0.2, 0.25) is 0 Å². The van der Waals surface area contributed by atoms with Crippen LogP contribution in [0.3, 0.4) is 0 Å². The van der Waals surface area contributed by atoms with E-state index in [0.29, 0.717) is 5.82 Å². The van der Waals surface area contributed by atoms with E-state index in [1.807, 2.05) is 48.5 Å². The van der Waals surface area contributed by atoms with Gasteiger partial charge in [-0.05, 0) is 54.1 Å². The molecule has 0 bridgehead atoms. The molecule has 0 aliphatic rings. The molecule has 0 aliphatic carbocycles. The van der Waals surface area contributed by atoms with Gasteiger partial charge in [0.25, 0.3) is 0 Å². The lowest BCUT2D eigenvalue weighted by molar-refractivity contribution is -0.137. The summed E-state index contributed by atoms with van der Waals surface area (Å²) in [4.78, 5) is 12.1. The lowest BCUT2D eigenvalue weighted by Gasteiger charge is -2.11. The summed E-state index contributed by atoms with van der Waals surface area (Å²) in [5.74, 6) is 0.426. The summed E-state index contributed by atoms with van der Waals surface area (Å²) < 4.78 is 39.6. The standard InChI is InChI=1S/C22H18F3N5O/c23-22(24,25)15-8-10-16(11-9-15)28-21(31)27-13-14-4-3-5-17(12-14)30-19-7-2-1-6-18(19)20(26)29-30/h1-12H,13H2,(H2,26,29)(H2,27,28,31). The van der Waals surface area contributed by atoms with Crippen molar-refractivity contribution in [2.75, 3.05) is 11.1 Å². The van der Waals surface area contributed by atoms with Crippen molar-refractivity contribution < 1.29 is 18.0 Å². The molecule has 0 spiro atoms. The van der Waals surface area contributed by atoms with Crippen LogP contribution in [0.15, 0.2) is 72.8 Å². The first kappa shape index (κ1) is 20.3. The average Bonchev–Trinajstić information content (AvgIpc) is 3.09. The predicted octanol–water partition coefficient (Wildman–Crippen LogP) is 4.95. The highest BCUT2D eigenvalue weighted by Crippen LogP contribution is 2.29. The van der Waals surface area contributed by atoms with Crippen LogP contribution >= 0.6 is 0 Å². The molecule has 4 N–H and O–H groups in total. The Labute approximate surface area is 175 Å². The molecule has 31 heavy (non-hydrogen) atoms. The number of para-hydroxylation sites is 1. The minimum absolute atomic E-state index is 0.217. The van der Waals surface area contributed by atoms with Crippen LogP contribution < -0.4 is 16.4 Å². The van der Waals surface area contributed by atoms with E-state index >= 15 is 0 Å². The molecule has 6 nitrogen and oxygen atoms in total. The van der Waals surface area contributed by atoms with Gasteiger partial charge in [-0.15, -0.1) is 5.10 Å². The number of nitrogens with zero attached hydrogens (tertiary/aromatic N) is 2. The van der Waals surface area contributed by atoms with Crippen molar-refractivity contribution in [2.45, 2.75) is 12.7 Å². The maximum absolute atomic E-state index is 12.6. The number of carbonyl (C=O) groups excluding carboxylic acids is 1. The fourth-order valence-corrected chi connectivity index (χ4v) is 3.19. The molecule has 0 atom stereocenters. The number of nitrogens with two attached hydrogens (primary N) is 1. The molecule has 0 aliphatic heterocycles. The predicted molar refractivity (Wildman–Crippen MR) is 113 cm³/mol. The van der Waals surface area contributed by atoms with Gasteiger partial charge in [-0.3, -0.25) is 0 Å². The molecule has 4 aromatic rings. The van der Waals surface area contributed by atoms with E-state index in [1.54, 1.807) is 4.68 Å². The Morgan fingerprint density at radius 1 is 1.00 bits per heavy atom. The number of nitrogen functional groups attached to an aromatic ring is 1. The largest absolute Gasteiger partial charge is 0.416 e. The summed E-state index contributed by atoms with van der Waals surface area (Å²) in [6, 6.07) is 18.7. The van der Waals surface area contributed by atoms with Crippen LogP contribution in [-0.2, 0) is 12.7 Å². The number of aromatic nitrogens is 2. The molecule has 0 fully saturated rings. The topological polar surface area (TPSA) is 85.0 Å². The van der Waals surface area contributed by atoms with Crippen molar-refractivity contribution in [3.8, 4) is 5.69 Å². The van der Waals surface area contributed by atoms with Gasteiger partial charge in [-0.25, -0.2) is 9.48 Å². The summed E-state index contributed by atoms with van der Waals surface area (Å²) in [6.07, 6.45) is -4.42. The Morgan fingerprint density at radius 2 is 1.74 bits per heavy atom. The summed E-state index contributed by atoms with van der Waals surface area (Å²) in [7, 11) is 0. The van der Waals surface area contributed by atoms with Crippen LogP contribution in [0.25, 0.3) is 16.6 Å². The van der Waals surface area contributed by atoms with Crippen LogP contribution in [0.1, 0.15) is 11.1 Å². The number of anilines is 2. The highest BCUT2D eigenvalue weighted by atomic mass is 19.4. The number of hydrogen-bond donors (Lipinski definition) is 3. The third kappa shape index (κ3) is 4.45. The number of carbonyl (C=O) groups is 1. The van der Waals surface area contributed by atoms with Gasteiger partial charge in [-0.1, -0.05) is 24.3 Å². The Balaban J connectivity index is 1.43. The zero-order chi connectivity index (χ0) is 22.0. The van der Waals surface area contributed by atoms with Gasteiger partial charge in [0.1, 0.15) is 0 Å². The monoisotopic (exact) mass is 425 g/mol. The van der Waals surface area contributed by atoms with E-state index in [0.717, 1.165) is 34.3 Å². The number of urea groups is 1. The van der Waals surface area contributed by atoms with Crippen molar-refractivity contribution in [1.82, 2.24) is 15.1 Å². The molecule has 4 rings (SSSR count). The number of amides is 2. The minimum atomic E-state index is -4.42. The van der Waals surface area contributed by atoms with E-state index in [2.05, 4.69) is 15.7 Å².